The van der Waals surface area contributed by atoms with E-state index < -0.39 is 0 Å². The number of rotatable bonds is 5. The van der Waals surface area contributed by atoms with Gasteiger partial charge in [-0.3, -0.25) is 0 Å². The first-order valence-corrected chi connectivity index (χ1v) is 23.4. The molecule has 5 aliphatic rings. The Balaban J connectivity index is 1.04. The van der Waals surface area contributed by atoms with E-state index in [0.717, 1.165) is 11.8 Å². The maximum absolute atomic E-state index is 2.62. The van der Waals surface area contributed by atoms with Crippen LogP contribution in [0.15, 0.2) is 176 Å². The smallest absolute Gasteiger partial charge is 0.0543 e. The van der Waals surface area contributed by atoms with E-state index in [-0.39, 0.29) is 16.2 Å². The number of fused-ring (bicyclic) bond motifs is 13. The number of hydrogen-bond donors (Lipinski definition) is 0. The second-order valence-corrected chi connectivity index (χ2v) is 20.5. The molecule has 8 aromatic carbocycles. The molecule has 0 amide bonds. The fraction of sp³-hybridized carbons (Fsp3) is 0.226. The highest BCUT2D eigenvalue weighted by Crippen LogP contribution is 2.64. The van der Waals surface area contributed by atoms with Crippen LogP contribution in [0.2, 0.25) is 0 Å². The van der Waals surface area contributed by atoms with Crippen LogP contribution >= 0.6 is 0 Å². The van der Waals surface area contributed by atoms with E-state index in [1.165, 1.54) is 133 Å². The van der Waals surface area contributed by atoms with E-state index in [1.807, 2.05) is 0 Å². The molecule has 0 saturated heterocycles. The first kappa shape index (κ1) is 37.1. The zero-order valence-electron chi connectivity index (χ0n) is 36.9. The summed E-state index contributed by atoms with van der Waals surface area (Å²) in [6.45, 7) is 9.57. The molecule has 1 heteroatoms. The molecule has 2 fully saturated rings. The minimum atomic E-state index is -0.0954. The zero-order chi connectivity index (χ0) is 42.2. The van der Waals surface area contributed by atoms with E-state index in [1.54, 1.807) is 5.56 Å². The van der Waals surface area contributed by atoms with E-state index >= 15 is 0 Å². The third kappa shape index (κ3) is 5.11. The lowest BCUT2D eigenvalue weighted by Crippen LogP contribution is -2.33. The van der Waals surface area contributed by atoms with Gasteiger partial charge in [0.25, 0.3) is 0 Å². The van der Waals surface area contributed by atoms with Crippen molar-refractivity contribution in [1.29, 1.82) is 0 Å². The van der Waals surface area contributed by atoms with Crippen LogP contribution in [-0.4, -0.2) is 0 Å². The molecule has 0 aromatic heterocycles. The highest BCUT2D eigenvalue weighted by Gasteiger charge is 2.51. The molecule has 2 atom stereocenters. The van der Waals surface area contributed by atoms with Gasteiger partial charge in [-0.05, 0) is 133 Å². The van der Waals surface area contributed by atoms with Gasteiger partial charge in [0.05, 0.1) is 11.4 Å². The summed E-state index contributed by atoms with van der Waals surface area (Å²) in [4.78, 5) is 2.62. The number of nitrogens with zero attached hydrogens (tertiary/aromatic N) is 1. The molecule has 306 valence electrons. The summed E-state index contributed by atoms with van der Waals surface area (Å²) in [6, 6.07) is 67.5. The van der Waals surface area contributed by atoms with E-state index in [0.29, 0.717) is 0 Å². The van der Waals surface area contributed by atoms with Crippen molar-refractivity contribution in [2.45, 2.75) is 76.0 Å². The van der Waals surface area contributed by atoms with Gasteiger partial charge in [-0.15, -0.1) is 0 Å². The number of hydrogen-bond acceptors (Lipinski definition) is 1. The van der Waals surface area contributed by atoms with Gasteiger partial charge in [-0.25, -0.2) is 0 Å². The Morgan fingerprint density at radius 3 is 1.63 bits per heavy atom. The predicted molar refractivity (Wildman–Crippen MR) is 263 cm³/mol. The van der Waals surface area contributed by atoms with Crippen molar-refractivity contribution in [3.63, 3.8) is 0 Å². The van der Waals surface area contributed by atoms with Crippen molar-refractivity contribution in [2.24, 2.45) is 11.8 Å². The van der Waals surface area contributed by atoms with Gasteiger partial charge >= 0.3 is 0 Å². The summed E-state index contributed by atoms with van der Waals surface area (Å²) in [7, 11) is 0. The van der Waals surface area contributed by atoms with Crippen molar-refractivity contribution in [2.75, 3.05) is 4.90 Å². The minimum Gasteiger partial charge on any atom is -0.309 e. The van der Waals surface area contributed by atoms with Crippen molar-refractivity contribution in [3.8, 4) is 55.6 Å². The van der Waals surface area contributed by atoms with Crippen LogP contribution in [-0.2, 0) is 16.2 Å². The second kappa shape index (κ2) is 13.3. The summed E-state index contributed by atoms with van der Waals surface area (Å²) in [5.41, 5.74) is 25.6. The van der Waals surface area contributed by atoms with Gasteiger partial charge < -0.3 is 4.90 Å². The molecule has 0 aliphatic heterocycles. The van der Waals surface area contributed by atoms with Gasteiger partial charge in [0.1, 0.15) is 0 Å². The fourth-order valence-electron chi connectivity index (χ4n) is 13.9. The Bertz CT molecular complexity index is 3170. The summed E-state index contributed by atoms with van der Waals surface area (Å²) >= 11 is 0. The molecular weight excluding hydrogens is 759 g/mol. The molecule has 0 heterocycles. The second-order valence-electron chi connectivity index (χ2n) is 20.5. The van der Waals surface area contributed by atoms with E-state index in [2.05, 4.69) is 209 Å². The van der Waals surface area contributed by atoms with Crippen LogP contribution in [0.1, 0.15) is 93.2 Å². The van der Waals surface area contributed by atoms with Crippen LogP contribution in [0.3, 0.4) is 0 Å². The molecule has 1 nitrogen and oxygen atoms in total. The van der Waals surface area contributed by atoms with Gasteiger partial charge in [-0.2, -0.15) is 0 Å². The van der Waals surface area contributed by atoms with Crippen molar-refractivity contribution in [3.05, 3.63) is 209 Å². The summed E-state index contributed by atoms with van der Waals surface area (Å²) in [5, 5.41) is 0. The molecule has 5 aliphatic carbocycles. The van der Waals surface area contributed by atoms with Crippen LogP contribution in [0.25, 0.3) is 55.6 Å². The topological polar surface area (TPSA) is 3.24 Å². The van der Waals surface area contributed by atoms with Crippen LogP contribution in [0.5, 0.6) is 0 Å². The van der Waals surface area contributed by atoms with Crippen LogP contribution in [0.4, 0.5) is 17.1 Å². The third-order valence-electron chi connectivity index (χ3n) is 16.5. The molecule has 13 rings (SSSR count). The van der Waals surface area contributed by atoms with E-state index in [9.17, 15) is 0 Å². The average molecular weight is 812 g/mol. The van der Waals surface area contributed by atoms with Crippen molar-refractivity contribution >= 4 is 17.1 Å². The lowest BCUT2D eigenvalue weighted by Gasteiger charge is -2.40. The van der Waals surface area contributed by atoms with Crippen molar-refractivity contribution < 1.29 is 0 Å². The Morgan fingerprint density at radius 1 is 0.381 bits per heavy atom. The molecule has 8 aromatic rings. The molecule has 63 heavy (non-hydrogen) atoms. The molecule has 2 unspecified atom stereocenters. The summed E-state index contributed by atoms with van der Waals surface area (Å²) in [6.07, 6.45) is 6.68. The maximum Gasteiger partial charge on any atom is 0.0543 e. The molecular formula is C62H53N. The van der Waals surface area contributed by atoms with Crippen LogP contribution in [0, 0.1) is 11.8 Å². The minimum absolute atomic E-state index is 0.0642. The Morgan fingerprint density at radius 2 is 0.889 bits per heavy atom. The third-order valence-corrected chi connectivity index (χ3v) is 16.5. The lowest BCUT2D eigenvalue weighted by molar-refractivity contribution is 0.255. The average Bonchev–Trinajstić information content (AvgIpc) is 3.96. The van der Waals surface area contributed by atoms with Gasteiger partial charge in [0.15, 0.2) is 0 Å². The first-order chi connectivity index (χ1) is 30.7. The SMILES string of the molecule is CC1(C)c2ccccc2-c2c(-c3ccccc3N(c3ccc(-c4cccc5c4C(C)(C)c4ccccc4-5)cc3)c3cccc4c3-c3ccccc3C43CC4CCC(C4)C3)cccc21. The molecule has 2 bridgehead atoms. The maximum atomic E-state index is 2.62. The Hall–Kier alpha value is -6.44. The Labute approximate surface area is 373 Å². The van der Waals surface area contributed by atoms with Crippen molar-refractivity contribution in [1.82, 2.24) is 0 Å². The molecule has 1 spiro atoms. The Kier molecular flexibility index (Phi) is 7.84. The lowest BCUT2D eigenvalue weighted by atomic mass is 9.64. The van der Waals surface area contributed by atoms with Crippen LogP contribution < -0.4 is 4.90 Å². The standard InChI is InChI=1S/C62H53N/c1-60(2)51-24-10-6-18-48(51)57-46(21-14-26-53(57)60)45-17-8-12-28-55(45)63(42-34-32-41(33-35-42)43-20-13-22-47-44-16-5-9-23-50(44)61(3,4)59(43)47)56-29-15-27-54-58(56)49-19-7-11-25-52(49)62(54)37-39-30-31-40(36-39)38-62/h5-29,32-35,39-40H,30-31,36-38H2,1-4H3. The summed E-state index contributed by atoms with van der Waals surface area (Å²) < 4.78 is 0. The highest BCUT2D eigenvalue weighted by atomic mass is 15.1. The quantitative estimate of drug-likeness (QED) is 0.167. The molecule has 2 saturated carbocycles. The summed E-state index contributed by atoms with van der Waals surface area (Å²) in [5.74, 6) is 1.61. The number of benzene rings is 8. The zero-order valence-corrected chi connectivity index (χ0v) is 36.9. The monoisotopic (exact) mass is 811 g/mol. The van der Waals surface area contributed by atoms with E-state index in [4.69, 9.17) is 0 Å². The number of para-hydroxylation sites is 1. The predicted octanol–water partition coefficient (Wildman–Crippen LogP) is 16.6. The molecule has 0 N–H and O–H groups in total. The highest BCUT2D eigenvalue weighted by molar-refractivity contribution is 6.01. The normalized spacial score (nSPS) is 21.0. The van der Waals surface area contributed by atoms with Gasteiger partial charge in [0.2, 0.25) is 0 Å². The first-order valence-electron chi connectivity index (χ1n) is 23.4. The van der Waals surface area contributed by atoms with Gasteiger partial charge in [0, 0.05) is 33.1 Å². The number of anilines is 3. The molecule has 0 radical (unpaired) electrons. The van der Waals surface area contributed by atoms with Gasteiger partial charge in [-0.1, -0.05) is 192 Å². The largest absolute Gasteiger partial charge is 0.309 e. The fourth-order valence-corrected chi connectivity index (χ4v) is 13.9.